The molecule has 3 rings (SSSR count). The predicted molar refractivity (Wildman–Crippen MR) is 78.1 cm³/mol. The molecule has 0 aliphatic heterocycles. The number of aromatic nitrogens is 4. The van der Waals surface area contributed by atoms with Gasteiger partial charge in [-0.1, -0.05) is 24.3 Å². The lowest BCUT2D eigenvalue weighted by molar-refractivity contribution is 0.644. The van der Waals surface area contributed by atoms with Crippen molar-refractivity contribution >= 4 is 10.9 Å². The molecule has 5 heteroatoms. The SMILES string of the molecule is CCC(N)c1cn(Cc2ccc3ncccc3c2)nn1. The summed E-state index contributed by atoms with van der Waals surface area (Å²) in [6.07, 6.45) is 4.58. The third-order valence-corrected chi connectivity index (χ3v) is 3.39. The monoisotopic (exact) mass is 267 g/mol. The van der Waals surface area contributed by atoms with Gasteiger partial charge in [0.05, 0.1) is 30.0 Å². The largest absolute Gasteiger partial charge is 0.323 e. The first-order valence-electron chi connectivity index (χ1n) is 6.75. The number of fused-ring (bicyclic) bond motifs is 1. The van der Waals surface area contributed by atoms with E-state index in [-0.39, 0.29) is 6.04 Å². The molecule has 2 heterocycles. The van der Waals surface area contributed by atoms with Crippen LogP contribution in [0.4, 0.5) is 0 Å². The summed E-state index contributed by atoms with van der Waals surface area (Å²) >= 11 is 0. The number of benzene rings is 1. The maximum atomic E-state index is 5.95. The molecule has 0 fully saturated rings. The molecule has 1 unspecified atom stereocenters. The Hall–Kier alpha value is -2.27. The quantitative estimate of drug-likeness (QED) is 0.787. The van der Waals surface area contributed by atoms with Crippen LogP contribution >= 0.6 is 0 Å². The molecule has 102 valence electrons. The fourth-order valence-corrected chi connectivity index (χ4v) is 2.18. The molecule has 0 spiro atoms. The van der Waals surface area contributed by atoms with Crippen LogP contribution in [0.1, 0.15) is 30.6 Å². The molecule has 0 saturated carbocycles. The molecular formula is C15H17N5. The van der Waals surface area contributed by atoms with Gasteiger partial charge in [-0.2, -0.15) is 0 Å². The lowest BCUT2D eigenvalue weighted by atomic mass is 10.1. The number of pyridine rings is 1. The number of hydrogen-bond donors (Lipinski definition) is 1. The second-order valence-corrected chi connectivity index (χ2v) is 4.89. The van der Waals surface area contributed by atoms with Crippen LogP contribution in [0.5, 0.6) is 0 Å². The molecule has 0 radical (unpaired) electrons. The van der Waals surface area contributed by atoms with E-state index in [1.165, 1.54) is 5.56 Å². The van der Waals surface area contributed by atoms with Crippen molar-refractivity contribution in [2.24, 2.45) is 5.73 Å². The molecule has 5 nitrogen and oxygen atoms in total. The van der Waals surface area contributed by atoms with Crippen molar-refractivity contribution in [3.63, 3.8) is 0 Å². The maximum absolute atomic E-state index is 5.95. The summed E-state index contributed by atoms with van der Waals surface area (Å²) in [4.78, 5) is 4.32. The average molecular weight is 267 g/mol. The third kappa shape index (κ3) is 2.53. The molecule has 20 heavy (non-hydrogen) atoms. The Morgan fingerprint density at radius 2 is 2.20 bits per heavy atom. The van der Waals surface area contributed by atoms with Crippen LogP contribution in [-0.2, 0) is 6.54 Å². The molecule has 0 bridgehead atoms. The fraction of sp³-hybridized carbons (Fsp3) is 0.267. The van der Waals surface area contributed by atoms with Crippen molar-refractivity contribution in [2.45, 2.75) is 25.9 Å². The van der Waals surface area contributed by atoms with Gasteiger partial charge in [0.15, 0.2) is 0 Å². The van der Waals surface area contributed by atoms with Gasteiger partial charge in [-0.15, -0.1) is 5.10 Å². The first-order valence-corrected chi connectivity index (χ1v) is 6.75. The summed E-state index contributed by atoms with van der Waals surface area (Å²) < 4.78 is 1.82. The van der Waals surface area contributed by atoms with Crippen LogP contribution < -0.4 is 5.73 Å². The van der Waals surface area contributed by atoms with Gasteiger partial charge in [0.1, 0.15) is 0 Å². The van der Waals surface area contributed by atoms with Crippen LogP contribution in [0.15, 0.2) is 42.7 Å². The minimum absolute atomic E-state index is 0.0375. The smallest absolute Gasteiger partial charge is 0.0994 e. The molecule has 3 aromatic rings. The highest BCUT2D eigenvalue weighted by Gasteiger charge is 2.08. The van der Waals surface area contributed by atoms with Crippen LogP contribution in [0.2, 0.25) is 0 Å². The van der Waals surface area contributed by atoms with Crippen molar-refractivity contribution in [1.29, 1.82) is 0 Å². The Morgan fingerprint density at radius 1 is 1.30 bits per heavy atom. The van der Waals surface area contributed by atoms with Crippen LogP contribution in [0.3, 0.4) is 0 Å². The predicted octanol–water partition coefficient (Wildman–Crippen LogP) is 2.28. The Morgan fingerprint density at radius 3 is 3.05 bits per heavy atom. The van der Waals surface area contributed by atoms with E-state index in [1.807, 2.05) is 29.9 Å². The fourth-order valence-electron chi connectivity index (χ4n) is 2.18. The van der Waals surface area contributed by atoms with Gasteiger partial charge in [0.2, 0.25) is 0 Å². The second-order valence-electron chi connectivity index (χ2n) is 4.89. The Labute approximate surface area is 117 Å². The molecule has 1 aromatic carbocycles. The summed E-state index contributed by atoms with van der Waals surface area (Å²) in [5.74, 6) is 0. The van der Waals surface area contributed by atoms with E-state index in [2.05, 4.69) is 33.5 Å². The highest BCUT2D eigenvalue weighted by Crippen LogP contribution is 2.15. The van der Waals surface area contributed by atoms with E-state index in [1.54, 1.807) is 6.20 Å². The number of nitrogens with zero attached hydrogens (tertiary/aromatic N) is 4. The standard InChI is InChI=1S/C15H17N5/c1-2-13(16)15-10-20(19-18-15)9-11-5-6-14-12(8-11)4-3-7-17-14/h3-8,10,13H,2,9,16H2,1H3. The van der Waals surface area contributed by atoms with Crippen LogP contribution in [0, 0.1) is 0 Å². The minimum Gasteiger partial charge on any atom is -0.323 e. The first-order chi connectivity index (χ1) is 9.76. The van der Waals surface area contributed by atoms with E-state index in [0.717, 1.165) is 23.0 Å². The van der Waals surface area contributed by atoms with Crippen molar-refractivity contribution in [3.05, 3.63) is 54.0 Å². The van der Waals surface area contributed by atoms with Gasteiger partial charge >= 0.3 is 0 Å². The number of nitrogens with two attached hydrogens (primary N) is 1. The molecule has 2 aromatic heterocycles. The molecule has 0 amide bonds. The van der Waals surface area contributed by atoms with E-state index >= 15 is 0 Å². The topological polar surface area (TPSA) is 69.6 Å². The number of rotatable bonds is 4. The summed E-state index contributed by atoms with van der Waals surface area (Å²) in [6, 6.07) is 10.2. The Balaban J connectivity index is 1.83. The van der Waals surface area contributed by atoms with Gasteiger partial charge in [0.25, 0.3) is 0 Å². The number of hydrogen-bond acceptors (Lipinski definition) is 4. The summed E-state index contributed by atoms with van der Waals surface area (Å²) in [6.45, 7) is 2.73. The van der Waals surface area contributed by atoms with Gasteiger partial charge in [0, 0.05) is 11.6 Å². The van der Waals surface area contributed by atoms with Crippen molar-refractivity contribution < 1.29 is 0 Å². The van der Waals surface area contributed by atoms with Gasteiger partial charge in [-0.3, -0.25) is 4.98 Å². The lowest BCUT2D eigenvalue weighted by Gasteiger charge is -2.04. The molecule has 0 saturated heterocycles. The van der Waals surface area contributed by atoms with Crippen LogP contribution in [-0.4, -0.2) is 20.0 Å². The molecule has 1 atom stereocenters. The Bertz CT molecular complexity index is 719. The Kier molecular flexibility index (Phi) is 3.43. The zero-order valence-electron chi connectivity index (χ0n) is 11.4. The molecule has 0 aliphatic rings. The zero-order valence-corrected chi connectivity index (χ0v) is 11.4. The van der Waals surface area contributed by atoms with Gasteiger partial charge < -0.3 is 5.73 Å². The van der Waals surface area contributed by atoms with E-state index in [9.17, 15) is 0 Å². The highest BCUT2D eigenvalue weighted by molar-refractivity contribution is 5.78. The molecule has 2 N–H and O–H groups in total. The zero-order chi connectivity index (χ0) is 13.9. The van der Waals surface area contributed by atoms with Crippen molar-refractivity contribution in [3.8, 4) is 0 Å². The van der Waals surface area contributed by atoms with E-state index in [0.29, 0.717) is 6.54 Å². The van der Waals surface area contributed by atoms with Gasteiger partial charge in [-0.05, 0) is 30.2 Å². The van der Waals surface area contributed by atoms with Crippen molar-refractivity contribution in [1.82, 2.24) is 20.0 Å². The lowest BCUT2D eigenvalue weighted by Crippen LogP contribution is -2.08. The van der Waals surface area contributed by atoms with Gasteiger partial charge in [-0.25, -0.2) is 4.68 Å². The molecule has 0 aliphatic carbocycles. The highest BCUT2D eigenvalue weighted by atomic mass is 15.4. The summed E-state index contributed by atoms with van der Waals surface area (Å²) in [5, 5.41) is 9.39. The maximum Gasteiger partial charge on any atom is 0.0994 e. The molecular weight excluding hydrogens is 250 g/mol. The van der Waals surface area contributed by atoms with E-state index < -0.39 is 0 Å². The van der Waals surface area contributed by atoms with Crippen molar-refractivity contribution in [2.75, 3.05) is 0 Å². The summed E-state index contributed by atoms with van der Waals surface area (Å²) in [5.41, 5.74) is 8.97. The normalized spacial score (nSPS) is 12.7. The summed E-state index contributed by atoms with van der Waals surface area (Å²) in [7, 11) is 0. The second kappa shape index (κ2) is 5.38. The first kappa shape index (κ1) is 12.7. The minimum atomic E-state index is -0.0375. The van der Waals surface area contributed by atoms with Crippen LogP contribution in [0.25, 0.3) is 10.9 Å². The average Bonchev–Trinajstić information content (AvgIpc) is 2.95. The third-order valence-electron chi connectivity index (χ3n) is 3.39. The van der Waals surface area contributed by atoms with E-state index in [4.69, 9.17) is 5.73 Å².